The van der Waals surface area contributed by atoms with E-state index in [0.717, 1.165) is 62.3 Å². The second-order valence-corrected chi connectivity index (χ2v) is 8.95. The van der Waals surface area contributed by atoms with E-state index < -0.39 is 0 Å². The van der Waals surface area contributed by atoms with Crippen molar-refractivity contribution in [3.8, 4) is 0 Å². The lowest BCUT2D eigenvalue weighted by Crippen LogP contribution is -3.12. The first-order chi connectivity index (χ1) is 13.8. The number of ether oxygens (including phenoxy) is 1. The molecular weight excluding hydrogens is 368 g/mol. The van der Waals surface area contributed by atoms with Gasteiger partial charge in [0.25, 0.3) is 0 Å². The monoisotopic (exact) mass is 395 g/mol. The lowest BCUT2D eigenvalue weighted by molar-refractivity contribution is -0.921. The number of aryl methyl sites for hydroxylation is 3. The van der Waals surface area contributed by atoms with Gasteiger partial charge in [-0.15, -0.1) is 11.3 Å². The maximum absolute atomic E-state index is 5.45. The molecule has 0 atom stereocenters. The van der Waals surface area contributed by atoms with Crippen LogP contribution >= 0.6 is 11.3 Å². The van der Waals surface area contributed by atoms with Crippen LogP contribution in [0.1, 0.15) is 33.8 Å². The molecule has 0 spiro atoms. The number of benzene rings is 1. The van der Waals surface area contributed by atoms with Crippen molar-refractivity contribution in [2.45, 2.75) is 39.3 Å². The van der Waals surface area contributed by atoms with Gasteiger partial charge in [0.15, 0.2) is 0 Å². The molecular formula is C22H27N4OS+. The third kappa shape index (κ3) is 3.64. The lowest BCUT2D eigenvalue weighted by Gasteiger charge is -2.23. The standard InChI is InChI=1S/C22H26N4OS/c1-15-24-21(20-18-3-2-4-19(18)28-22(20)25-15)23-13-16-5-7-17(8-6-16)14-26-9-11-27-12-10-26/h5-8H,2-4,9-14H2,1H3,(H,23,24,25)/p+1. The molecule has 28 heavy (non-hydrogen) atoms. The van der Waals surface area contributed by atoms with Gasteiger partial charge >= 0.3 is 0 Å². The quantitative estimate of drug-likeness (QED) is 0.697. The minimum absolute atomic E-state index is 0.793. The molecule has 2 N–H and O–H groups in total. The van der Waals surface area contributed by atoms with E-state index in [0.29, 0.717) is 0 Å². The van der Waals surface area contributed by atoms with Crippen LogP contribution in [-0.2, 0) is 30.7 Å². The van der Waals surface area contributed by atoms with Crippen LogP contribution in [0.3, 0.4) is 0 Å². The van der Waals surface area contributed by atoms with Gasteiger partial charge in [0.1, 0.15) is 36.1 Å². The van der Waals surface area contributed by atoms with Crippen molar-refractivity contribution in [1.82, 2.24) is 9.97 Å². The molecule has 1 aliphatic carbocycles. The van der Waals surface area contributed by atoms with E-state index in [4.69, 9.17) is 9.72 Å². The van der Waals surface area contributed by atoms with Crippen LogP contribution < -0.4 is 10.2 Å². The molecule has 1 aliphatic heterocycles. The van der Waals surface area contributed by atoms with E-state index in [9.17, 15) is 0 Å². The topological polar surface area (TPSA) is 51.5 Å². The number of morpholine rings is 1. The second kappa shape index (κ2) is 7.78. The van der Waals surface area contributed by atoms with Gasteiger partial charge in [0.05, 0.1) is 18.6 Å². The van der Waals surface area contributed by atoms with Gasteiger partial charge < -0.3 is 15.0 Å². The maximum Gasteiger partial charge on any atom is 0.139 e. The van der Waals surface area contributed by atoms with Gasteiger partial charge in [-0.2, -0.15) is 0 Å². The molecule has 0 saturated carbocycles. The highest BCUT2D eigenvalue weighted by Crippen LogP contribution is 2.39. The normalized spacial score (nSPS) is 17.2. The Kier molecular flexibility index (Phi) is 5.01. The van der Waals surface area contributed by atoms with E-state index in [1.54, 1.807) is 4.90 Å². The van der Waals surface area contributed by atoms with Gasteiger partial charge in [-0.05, 0) is 37.3 Å². The summed E-state index contributed by atoms with van der Waals surface area (Å²) in [6.45, 7) is 7.85. The van der Waals surface area contributed by atoms with Crippen molar-refractivity contribution < 1.29 is 9.64 Å². The number of aromatic nitrogens is 2. The molecule has 1 saturated heterocycles. The highest BCUT2D eigenvalue weighted by atomic mass is 32.1. The van der Waals surface area contributed by atoms with Crippen LogP contribution in [0.2, 0.25) is 0 Å². The third-order valence-electron chi connectivity index (χ3n) is 5.81. The summed E-state index contributed by atoms with van der Waals surface area (Å²) in [5.41, 5.74) is 4.17. The fourth-order valence-corrected chi connectivity index (χ4v) is 5.62. The summed E-state index contributed by atoms with van der Waals surface area (Å²) in [5.74, 6) is 1.85. The largest absolute Gasteiger partial charge is 0.370 e. The lowest BCUT2D eigenvalue weighted by atomic mass is 10.1. The Morgan fingerprint density at radius 1 is 1.07 bits per heavy atom. The number of nitrogens with one attached hydrogen (secondary N) is 2. The van der Waals surface area contributed by atoms with E-state index >= 15 is 0 Å². The van der Waals surface area contributed by atoms with Crippen LogP contribution in [0.15, 0.2) is 24.3 Å². The van der Waals surface area contributed by atoms with Crippen LogP contribution in [-0.4, -0.2) is 36.3 Å². The smallest absolute Gasteiger partial charge is 0.139 e. The minimum Gasteiger partial charge on any atom is -0.370 e. The van der Waals surface area contributed by atoms with E-state index in [-0.39, 0.29) is 0 Å². The Morgan fingerprint density at radius 3 is 2.68 bits per heavy atom. The maximum atomic E-state index is 5.45. The van der Waals surface area contributed by atoms with E-state index in [1.807, 2.05) is 18.3 Å². The summed E-state index contributed by atoms with van der Waals surface area (Å²) in [6.07, 6.45) is 3.62. The Labute approximate surface area is 169 Å². The number of quaternary nitrogens is 1. The van der Waals surface area contributed by atoms with Crippen LogP contribution in [0, 0.1) is 6.92 Å². The SMILES string of the molecule is Cc1nc(NCc2ccc(C[NH+]3CCOCC3)cc2)c2c3c(sc2n1)CCC3. The van der Waals surface area contributed by atoms with Crippen molar-refractivity contribution in [1.29, 1.82) is 0 Å². The van der Waals surface area contributed by atoms with Gasteiger partial charge in [-0.1, -0.05) is 24.3 Å². The Hall–Kier alpha value is -2.02. The first-order valence-corrected chi connectivity index (χ1v) is 11.1. The molecule has 0 bridgehead atoms. The minimum atomic E-state index is 0.793. The molecule has 1 fully saturated rings. The van der Waals surface area contributed by atoms with Gasteiger partial charge in [-0.3, -0.25) is 0 Å². The summed E-state index contributed by atoms with van der Waals surface area (Å²) in [6, 6.07) is 9.02. The number of hydrogen-bond acceptors (Lipinski definition) is 5. The summed E-state index contributed by atoms with van der Waals surface area (Å²) >= 11 is 1.85. The summed E-state index contributed by atoms with van der Waals surface area (Å²) in [7, 11) is 0. The molecule has 2 aliphatic rings. The van der Waals surface area contributed by atoms with Gasteiger partial charge in [0.2, 0.25) is 0 Å². The molecule has 3 heterocycles. The molecule has 5 rings (SSSR count). The number of hydrogen-bond donors (Lipinski definition) is 2. The van der Waals surface area contributed by atoms with Gasteiger partial charge in [0, 0.05) is 17.0 Å². The summed E-state index contributed by atoms with van der Waals surface area (Å²) in [4.78, 5) is 13.7. The average molecular weight is 396 g/mol. The number of nitrogens with zero attached hydrogens (tertiary/aromatic N) is 2. The molecule has 3 aromatic rings. The van der Waals surface area contributed by atoms with Crippen LogP contribution in [0.5, 0.6) is 0 Å². The molecule has 0 amide bonds. The second-order valence-electron chi connectivity index (χ2n) is 7.87. The zero-order valence-electron chi connectivity index (χ0n) is 16.4. The number of fused-ring (bicyclic) bond motifs is 3. The molecule has 1 aromatic carbocycles. The van der Waals surface area contributed by atoms with Crippen molar-refractivity contribution >= 4 is 27.4 Å². The zero-order valence-corrected chi connectivity index (χ0v) is 17.2. The molecule has 0 radical (unpaired) electrons. The number of thiophene rings is 1. The Morgan fingerprint density at radius 2 is 1.86 bits per heavy atom. The Bertz CT molecular complexity index is 976. The van der Waals surface area contributed by atoms with E-state index in [1.165, 1.54) is 39.8 Å². The zero-order chi connectivity index (χ0) is 18.9. The highest BCUT2D eigenvalue weighted by Gasteiger charge is 2.21. The fraction of sp³-hybridized carbons (Fsp3) is 0.455. The first-order valence-electron chi connectivity index (χ1n) is 10.3. The first kappa shape index (κ1) is 18.0. The molecule has 0 unspecified atom stereocenters. The van der Waals surface area contributed by atoms with Crippen molar-refractivity contribution in [3.63, 3.8) is 0 Å². The van der Waals surface area contributed by atoms with E-state index in [2.05, 4.69) is 34.6 Å². The predicted molar refractivity (Wildman–Crippen MR) is 113 cm³/mol. The number of anilines is 1. The highest BCUT2D eigenvalue weighted by molar-refractivity contribution is 7.19. The fourth-order valence-electron chi connectivity index (χ4n) is 4.32. The summed E-state index contributed by atoms with van der Waals surface area (Å²) < 4.78 is 5.45. The average Bonchev–Trinajstić information content (AvgIpc) is 3.29. The van der Waals surface area contributed by atoms with Crippen molar-refractivity contribution in [2.24, 2.45) is 0 Å². The molecule has 146 valence electrons. The molecule has 2 aromatic heterocycles. The van der Waals surface area contributed by atoms with Gasteiger partial charge in [-0.25, -0.2) is 9.97 Å². The molecule has 5 nitrogen and oxygen atoms in total. The van der Waals surface area contributed by atoms with Crippen LogP contribution in [0.4, 0.5) is 5.82 Å². The third-order valence-corrected chi connectivity index (χ3v) is 7.00. The predicted octanol–water partition coefficient (Wildman–Crippen LogP) is 2.52. The Balaban J connectivity index is 1.30. The van der Waals surface area contributed by atoms with Crippen molar-refractivity contribution in [2.75, 3.05) is 31.6 Å². The van der Waals surface area contributed by atoms with Crippen molar-refractivity contribution in [3.05, 3.63) is 51.7 Å². The summed E-state index contributed by atoms with van der Waals surface area (Å²) in [5, 5.41) is 4.86. The number of rotatable bonds is 5. The molecule has 6 heteroatoms. The van der Waals surface area contributed by atoms with Crippen LogP contribution in [0.25, 0.3) is 10.2 Å².